The Morgan fingerprint density at radius 1 is 1.05 bits per heavy atom. The van der Waals surface area contributed by atoms with E-state index in [1.165, 1.54) is 0 Å². The van der Waals surface area contributed by atoms with E-state index in [4.69, 9.17) is 4.74 Å². The van der Waals surface area contributed by atoms with Crippen molar-refractivity contribution in [3.05, 3.63) is 65.2 Å². The third-order valence-corrected chi connectivity index (χ3v) is 3.88. The van der Waals surface area contributed by atoms with Crippen LogP contribution in [0.15, 0.2) is 48.5 Å². The van der Waals surface area contributed by atoms with Crippen LogP contribution in [0.5, 0.6) is 5.75 Å². The molecule has 0 aliphatic carbocycles. The number of hydrogen-bond acceptors (Lipinski definition) is 2. The minimum atomic E-state index is -0.625. The number of aryl methyl sites for hydroxylation is 1. The smallest absolute Gasteiger partial charge is 0.124 e. The van der Waals surface area contributed by atoms with Crippen LogP contribution in [0.1, 0.15) is 36.6 Å². The molecule has 0 amide bonds. The van der Waals surface area contributed by atoms with Crippen molar-refractivity contribution in [3.63, 3.8) is 0 Å². The molecule has 0 heterocycles. The Hall–Kier alpha value is -1.80. The highest BCUT2D eigenvalue weighted by atomic mass is 16.5. The Kier molecular flexibility index (Phi) is 4.15. The Bertz CT molecular complexity index is 573. The average Bonchev–Trinajstić information content (AvgIpc) is 2.47. The summed E-state index contributed by atoms with van der Waals surface area (Å²) in [7, 11) is 1.64. The van der Waals surface area contributed by atoms with E-state index in [2.05, 4.69) is 13.8 Å². The van der Waals surface area contributed by atoms with Crippen LogP contribution in [-0.2, 0) is 5.41 Å². The van der Waals surface area contributed by atoms with Gasteiger partial charge in [0.1, 0.15) is 5.75 Å². The zero-order chi connectivity index (χ0) is 14.8. The van der Waals surface area contributed by atoms with E-state index in [9.17, 15) is 5.11 Å². The maximum absolute atomic E-state index is 10.9. The van der Waals surface area contributed by atoms with Crippen LogP contribution in [0, 0.1) is 6.92 Å². The highest BCUT2D eigenvalue weighted by Crippen LogP contribution is 2.40. The van der Waals surface area contributed by atoms with Crippen LogP contribution in [-0.4, -0.2) is 12.2 Å². The van der Waals surface area contributed by atoms with Crippen molar-refractivity contribution in [1.29, 1.82) is 0 Å². The van der Waals surface area contributed by atoms with E-state index in [1.54, 1.807) is 7.11 Å². The van der Waals surface area contributed by atoms with Crippen molar-refractivity contribution in [1.82, 2.24) is 0 Å². The summed E-state index contributed by atoms with van der Waals surface area (Å²) in [6.45, 7) is 6.12. The summed E-state index contributed by atoms with van der Waals surface area (Å²) in [5.74, 6) is 0.729. The SMILES string of the molecule is COc1ccc(C)cc1C(O)C(C)(C)c1ccccc1. The lowest BCUT2D eigenvalue weighted by Gasteiger charge is -2.32. The van der Waals surface area contributed by atoms with E-state index >= 15 is 0 Å². The fraction of sp³-hybridized carbons (Fsp3) is 0.333. The van der Waals surface area contributed by atoms with Crippen molar-refractivity contribution in [2.75, 3.05) is 7.11 Å². The Balaban J connectivity index is 2.45. The summed E-state index contributed by atoms with van der Waals surface area (Å²) in [6.07, 6.45) is -0.625. The van der Waals surface area contributed by atoms with E-state index in [-0.39, 0.29) is 5.41 Å². The predicted molar refractivity (Wildman–Crippen MR) is 82.2 cm³/mol. The first-order valence-corrected chi connectivity index (χ1v) is 6.85. The fourth-order valence-electron chi connectivity index (χ4n) is 2.48. The summed E-state index contributed by atoms with van der Waals surface area (Å²) in [6, 6.07) is 16.0. The Morgan fingerprint density at radius 2 is 1.70 bits per heavy atom. The number of aliphatic hydroxyl groups is 1. The molecule has 0 aliphatic heterocycles. The van der Waals surface area contributed by atoms with Crippen LogP contribution in [0.2, 0.25) is 0 Å². The lowest BCUT2D eigenvalue weighted by atomic mass is 9.76. The second-order valence-electron chi connectivity index (χ2n) is 5.74. The third-order valence-electron chi connectivity index (χ3n) is 3.88. The minimum absolute atomic E-state index is 0.387. The molecule has 0 fully saturated rings. The molecule has 2 rings (SSSR count). The molecular formula is C18H22O2. The summed E-state index contributed by atoms with van der Waals surface area (Å²) in [5.41, 5.74) is 2.67. The molecule has 2 nitrogen and oxygen atoms in total. The number of ether oxygens (including phenoxy) is 1. The molecule has 0 bridgehead atoms. The molecule has 20 heavy (non-hydrogen) atoms. The van der Waals surface area contributed by atoms with Gasteiger partial charge in [-0.15, -0.1) is 0 Å². The molecule has 106 valence electrons. The van der Waals surface area contributed by atoms with Gasteiger partial charge in [-0.1, -0.05) is 55.8 Å². The normalized spacial score (nSPS) is 13.1. The molecule has 2 aromatic carbocycles. The van der Waals surface area contributed by atoms with Gasteiger partial charge >= 0.3 is 0 Å². The third kappa shape index (κ3) is 2.70. The van der Waals surface area contributed by atoms with Gasteiger partial charge in [-0.2, -0.15) is 0 Å². The molecule has 0 saturated heterocycles. The minimum Gasteiger partial charge on any atom is -0.496 e. The second-order valence-corrected chi connectivity index (χ2v) is 5.74. The first kappa shape index (κ1) is 14.6. The van der Waals surface area contributed by atoms with Crippen LogP contribution < -0.4 is 4.74 Å². The number of methoxy groups -OCH3 is 1. The van der Waals surface area contributed by atoms with Gasteiger partial charge in [-0.25, -0.2) is 0 Å². The molecule has 0 spiro atoms. The highest BCUT2D eigenvalue weighted by Gasteiger charge is 2.32. The maximum Gasteiger partial charge on any atom is 0.124 e. The summed E-state index contributed by atoms with van der Waals surface area (Å²) in [4.78, 5) is 0. The van der Waals surface area contributed by atoms with E-state index in [0.717, 1.165) is 22.4 Å². The van der Waals surface area contributed by atoms with Crippen molar-refractivity contribution in [3.8, 4) is 5.75 Å². The quantitative estimate of drug-likeness (QED) is 0.909. The number of rotatable bonds is 4. The van der Waals surface area contributed by atoms with Crippen molar-refractivity contribution in [2.45, 2.75) is 32.3 Å². The van der Waals surface area contributed by atoms with Crippen molar-refractivity contribution < 1.29 is 9.84 Å². The summed E-state index contributed by atoms with van der Waals surface area (Å²) in [5, 5.41) is 10.9. The average molecular weight is 270 g/mol. The first-order chi connectivity index (χ1) is 9.46. The molecule has 1 atom stereocenters. The molecule has 0 aromatic heterocycles. The number of aliphatic hydroxyl groups excluding tert-OH is 1. The largest absolute Gasteiger partial charge is 0.496 e. The van der Waals surface area contributed by atoms with Crippen LogP contribution in [0.3, 0.4) is 0 Å². The van der Waals surface area contributed by atoms with Gasteiger partial charge in [0, 0.05) is 11.0 Å². The number of benzene rings is 2. The van der Waals surface area contributed by atoms with Gasteiger partial charge in [-0.05, 0) is 24.6 Å². The van der Waals surface area contributed by atoms with Gasteiger partial charge in [0.15, 0.2) is 0 Å². The molecule has 2 heteroatoms. The molecule has 0 aliphatic rings. The van der Waals surface area contributed by atoms with E-state index in [1.807, 2.05) is 55.5 Å². The maximum atomic E-state index is 10.9. The van der Waals surface area contributed by atoms with E-state index < -0.39 is 6.10 Å². The summed E-state index contributed by atoms with van der Waals surface area (Å²) < 4.78 is 5.39. The lowest BCUT2D eigenvalue weighted by Crippen LogP contribution is -2.27. The fourth-order valence-corrected chi connectivity index (χ4v) is 2.48. The monoisotopic (exact) mass is 270 g/mol. The molecule has 0 saturated carbocycles. The standard InChI is InChI=1S/C18H22O2/c1-13-10-11-16(20-4)15(12-13)17(19)18(2,3)14-8-6-5-7-9-14/h5-12,17,19H,1-4H3. The highest BCUT2D eigenvalue weighted by molar-refractivity contribution is 5.41. The molecule has 2 aromatic rings. The summed E-state index contributed by atoms with van der Waals surface area (Å²) >= 11 is 0. The molecule has 0 radical (unpaired) electrons. The number of hydrogen-bond donors (Lipinski definition) is 1. The van der Waals surface area contributed by atoms with Gasteiger partial charge in [0.05, 0.1) is 13.2 Å². The van der Waals surface area contributed by atoms with E-state index in [0.29, 0.717) is 0 Å². The predicted octanol–water partition coefficient (Wildman–Crippen LogP) is 4.01. The Morgan fingerprint density at radius 3 is 2.30 bits per heavy atom. The van der Waals surface area contributed by atoms with Crippen LogP contribution in [0.25, 0.3) is 0 Å². The van der Waals surface area contributed by atoms with Crippen LogP contribution >= 0.6 is 0 Å². The molecule has 1 unspecified atom stereocenters. The van der Waals surface area contributed by atoms with Gasteiger partial charge in [0.25, 0.3) is 0 Å². The lowest BCUT2D eigenvalue weighted by molar-refractivity contribution is 0.0974. The zero-order valence-corrected chi connectivity index (χ0v) is 12.6. The second kappa shape index (κ2) is 5.68. The van der Waals surface area contributed by atoms with Gasteiger partial charge in [0.2, 0.25) is 0 Å². The zero-order valence-electron chi connectivity index (χ0n) is 12.6. The first-order valence-electron chi connectivity index (χ1n) is 6.85. The van der Waals surface area contributed by atoms with Crippen molar-refractivity contribution >= 4 is 0 Å². The van der Waals surface area contributed by atoms with Gasteiger partial charge in [-0.3, -0.25) is 0 Å². The topological polar surface area (TPSA) is 29.5 Å². The van der Waals surface area contributed by atoms with Crippen LogP contribution in [0.4, 0.5) is 0 Å². The Labute approximate surface area is 121 Å². The van der Waals surface area contributed by atoms with Crippen molar-refractivity contribution in [2.24, 2.45) is 0 Å². The van der Waals surface area contributed by atoms with Gasteiger partial charge < -0.3 is 9.84 Å². The molecule has 1 N–H and O–H groups in total. The molecular weight excluding hydrogens is 248 g/mol.